The first-order valence-electron chi connectivity index (χ1n) is 3.67. The molecule has 4 unspecified atom stereocenters. The summed E-state index contributed by atoms with van der Waals surface area (Å²) in [7, 11) is 0. The molecule has 0 radical (unpaired) electrons. The Morgan fingerprint density at radius 2 is 1.33 bits per heavy atom. The third kappa shape index (κ3) is 0.578. The van der Waals surface area contributed by atoms with Crippen LogP contribution in [0, 0.1) is 11.8 Å². The third-order valence-corrected chi connectivity index (χ3v) is 2.85. The zero-order valence-electron chi connectivity index (χ0n) is 5.33. The smallest absolute Gasteiger partial charge is 0.0833 e. The number of rotatable bonds is 0. The SMILES string of the molecule is OC1C(O)C2CCCC12. The molecule has 2 fully saturated rings. The minimum Gasteiger partial charge on any atom is -0.390 e. The molecule has 9 heavy (non-hydrogen) atoms. The van der Waals surface area contributed by atoms with Gasteiger partial charge in [0.15, 0.2) is 0 Å². The molecule has 2 saturated carbocycles. The summed E-state index contributed by atoms with van der Waals surface area (Å²) in [5.74, 6) is 0.889. The molecule has 2 N–H and O–H groups in total. The minimum atomic E-state index is -0.391. The Hall–Kier alpha value is -0.0800. The maximum absolute atomic E-state index is 9.14. The molecule has 0 amide bonds. The Labute approximate surface area is 54.5 Å². The van der Waals surface area contributed by atoms with Gasteiger partial charge >= 0.3 is 0 Å². The van der Waals surface area contributed by atoms with Crippen LogP contribution in [0.4, 0.5) is 0 Å². The monoisotopic (exact) mass is 128 g/mol. The summed E-state index contributed by atoms with van der Waals surface area (Å²) >= 11 is 0. The van der Waals surface area contributed by atoms with Crippen LogP contribution in [0.2, 0.25) is 0 Å². The Morgan fingerprint density at radius 1 is 0.889 bits per heavy atom. The third-order valence-electron chi connectivity index (χ3n) is 2.85. The molecule has 0 saturated heterocycles. The molecule has 2 heteroatoms. The Kier molecular flexibility index (Phi) is 1.08. The van der Waals surface area contributed by atoms with Gasteiger partial charge < -0.3 is 10.2 Å². The van der Waals surface area contributed by atoms with Gasteiger partial charge in [0.2, 0.25) is 0 Å². The molecule has 0 aliphatic heterocycles. The van der Waals surface area contributed by atoms with Gasteiger partial charge in [0.1, 0.15) is 0 Å². The van der Waals surface area contributed by atoms with Gasteiger partial charge in [-0.2, -0.15) is 0 Å². The molecule has 2 aliphatic carbocycles. The summed E-state index contributed by atoms with van der Waals surface area (Å²) in [5.41, 5.74) is 0. The van der Waals surface area contributed by atoms with E-state index in [1.54, 1.807) is 0 Å². The fraction of sp³-hybridized carbons (Fsp3) is 1.00. The van der Waals surface area contributed by atoms with Crippen LogP contribution in [0.15, 0.2) is 0 Å². The highest BCUT2D eigenvalue weighted by Gasteiger charge is 2.50. The quantitative estimate of drug-likeness (QED) is 0.487. The molecule has 2 aliphatic rings. The number of fused-ring (bicyclic) bond motifs is 1. The zero-order valence-corrected chi connectivity index (χ0v) is 5.33. The van der Waals surface area contributed by atoms with Crippen molar-refractivity contribution in [3.8, 4) is 0 Å². The van der Waals surface area contributed by atoms with Crippen LogP contribution in [-0.4, -0.2) is 22.4 Å². The van der Waals surface area contributed by atoms with Crippen LogP contribution in [0.1, 0.15) is 19.3 Å². The Bertz CT molecular complexity index is 110. The van der Waals surface area contributed by atoms with Crippen molar-refractivity contribution >= 4 is 0 Å². The molecule has 0 bridgehead atoms. The van der Waals surface area contributed by atoms with Crippen LogP contribution >= 0.6 is 0 Å². The van der Waals surface area contributed by atoms with Crippen LogP contribution in [0.5, 0.6) is 0 Å². The molecule has 2 nitrogen and oxygen atoms in total. The van der Waals surface area contributed by atoms with Gasteiger partial charge in [0, 0.05) is 0 Å². The minimum absolute atomic E-state index is 0.391. The van der Waals surface area contributed by atoms with Crippen LogP contribution < -0.4 is 0 Å². The van der Waals surface area contributed by atoms with Gasteiger partial charge in [-0.15, -0.1) is 0 Å². The summed E-state index contributed by atoms with van der Waals surface area (Å²) in [6, 6.07) is 0. The lowest BCUT2D eigenvalue weighted by Crippen LogP contribution is -2.52. The number of hydrogen-bond acceptors (Lipinski definition) is 2. The maximum Gasteiger partial charge on any atom is 0.0833 e. The summed E-state index contributed by atoms with van der Waals surface area (Å²) in [6.07, 6.45) is 2.67. The maximum atomic E-state index is 9.14. The van der Waals surface area contributed by atoms with E-state index >= 15 is 0 Å². The zero-order chi connectivity index (χ0) is 6.43. The van der Waals surface area contributed by atoms with Gasteiger partial charge in [0.05, 0.1) is 12.2 Å². The van der Waals surface area contributed by atoms with Crippen molar-refractivity contribution in [3.63, 3.8) is 0 Å². The number of aliphatic hydroxyl groups is 2. The van der Waals surface area contributed by atoms with Gasteiger partial charge in [-0.05, 0) is 24.7 Å². The van der Waals surface area contributed by atoms with E-state index in [0.717, 1.165) is 12.8 Å². The highest BCUT2D eigenvalue weighted by molar-refractivity contribution is 5.00. The lowest BCUT2D eigenvalue weighted by atomic mass is 9.71. The predicted molar refractivity (Wildman–Crippen MR) is 32.8 cm³/mol. The van der Waals surface area contributed by atoms with E-state index in [1.807, 2.05) is 0 Å². The molecule has 0 aromatic heterocycles. The van der Waals surface area contributed by atoms with Crippen molar-refractivity contribution in [1.29, 1.82) is 0 Å². The van der Waals surface area contributed by atoms with E-state index in [9.17, 15) is 0 Å². The van der Waals surface area contributed by atoms with Gasteiger partial charge in [0.25, 0.3) is 0 Å². The number of hydrogen-bond donors (Lipinski definition) is 2. The molecular formula is C7H12O2. The van der Waals surface area contributed by atoms with Crippen molar-refractivity contribution in [2.45, 2.75) is 31.5 Å². The normalized spacial score (nSPS) is 56.7. The van der Waals surface area contributed by atoms with Crippen molar-refractivity contribution < 1.29 is 10.2 Å². The summed E-state index contributed by atoms with van der Waals surface area (Å²) in [5, 5.41) is 18.3. The van der Waals surface area contributed by atoms with Crippen molar-refractivity contribution in [1.82, 2.24) is 0 Å². The van der Waals surface area contributed by atoms with Crippen LogP contribution in [0.3, 0.4) is 0 Å². The standard InChI is InChI=1S/C7H12O2/c8-6-4-2-1-3-5(4)7(6)9/h4-9H,1-3H2. The lowest BCUT2D eigenvalue weighted by Gasteiger charge is -2.42. The first-order chi connectivity index (χ1) is 4.30. The van der Waals surface area contributed by atoms with Crippen molar-refractivity contribution in [2.75, 3.05) is 0 Å². The van der Waals surface area contributed by atoms with E-state index in [-0.39, 0.29) is 0 Å². The van der Waals surface area contributed by atoms with Crippen molar-refractivity contribution in [3.05, 3.63) is 0 Å². The van der Waals surface area contributed by atoms with Crippen LogP contribution in [-0.2, 0) is 0 Å². The molecular weight excluding hydrogens is 116 g/mol. The average Bonchev–Trinajstić information content (AvgIpc) is 2.30. The second-order valence-corrected chi connectivity index (χ2v) is 3.24. The molecule has 2 rings (SSSR count). The molecule has 4 atom stereocenters. The Morgan fingerprint density at radius 3 is 1.78 bits per heavy atom. The second-order valence-electron chi connectivity index (χ2n) is 3.24. The number of aliphatic hydroxyl groups excluding tert-OH is 2. The van der Waals surface area contributed by atoms with E-state index in [2.05, 4.69) is 0 Å². The topological polar surface area (TPSA) is 40.5 Å². The lowest BCUT2D eigenvalue weighted by molar-refractivity contribution is -0.140. The Balaban J connectivity index is 2.06. The van der Waals surface area contributed by atoms with E-state index in [0.29, 0.717) is 11.8 Å². The predicted octanol–water partition coefficient (Wildman–Crippen LogP) is 0.138. The first kappa shape index (κ1) is 5.69. The van der Waals surface area contributed by atoms with Gasteiger partial charge in [-0.25, -0.2) is 0 Å². The van der Waals surface area contributed by atoms with Crippen molar-refractivity contribution in [2.24, 2.45) is 11.8 Å². The van der Waals surface area contributed by atoms with Gasteiger partial charge in [-0.3, -0.25) is 0 Å². The fourth-order valence-electron chi connectivity index (χ4n) is 2.23. The first-order valence-corrected chi connectivity index (χ1v) is 3.67. The van der Waals surface area contributed by atoms with E-state index in [4.69, 9.17) is 10.2 Å². The molecule has 0 aromatic rings. The van der Waals surface area contributed by atoms with Gasteiger partial charge in [-0.1, -0.05) is 6.42 Å². The molecule has 52 valence electrons. The highest BCUT2D eigenvalue weighted by Crippen LogP contribution is 2.46. The molecule has 0 spiro atoms. The van der Waals surface area contributed by atoms with E-state index in [1.165, 1.54) is 6.42 Å². The summed E-state index contributed by atoms with van der Waals surface area (Å²) in [6.45, 7) is 0. The second kappa shape index (κ2) is 1.70. The van der Waals surface area contributed by atoms with Crippen LogP contribution in [0.25, 0.3) is 0 Å². The molecule has 0 heterocycles. The highest BCUT2D eigenvalue weighted by atomic mass is 16.3. The van der Waals surface area contributed by atoms with E-state index < -0.39 is 12.2 Å². The summed E-state index contributed by atoms with van der Waals surface area (Å²) < 4.78 is 0. The average molecular weight is 128 g/mol. The largest absolute Gasteiger partial charge is 0.390 e. The fourth-order valence-corrected chi connectivity index (χ4v) is 2.23. The summed E-state index contributed by atoms with van der Waals surface area (Å²) in [4.78, 5) is 0. The molecule has 0 aromatic carbocycles.